The molecular weight excluding hydrogens is 242 g/mol. The Labute approximate surface area is 99.2 Å². The highest BCUT2D eigenvalue weighted by Gasteiger charge is 2.10. The number of aromatic carboxylic acids is 1. The SMILES string of the molecule is Nc1cc2ccc(S(=O)O)cc2cc1C(=O)O. The third-order valence-electron chi connectivity index (χ3n) is 2.41. The van der Waals surface area contributed by atoms with Gasteiger partial charge in [0.1, 0.15) is 0 Å². The molecule has 0 aliphatic carbocycles. The molecule has 0 radical (unpaired) electrons. The summed E-state index contributed by atoms with van der Waals surface area (Å²) in [6.45, 7) is 0. The highest BCUT2D eigenvalue weighted by Crippen LogP contribution is 2.24. The van der Waals surface area contributed by atoms with Crippen molar-refractivity contribution in [1.82, 2.24) is 0 Å². The second-order valence-corrected chi connectivity index (χ2v) is 4.47. The zero-order valence-electron chi connectivity index (χ0n) is 8.58. The van der Waals surface area contributed by atoms with Gasteiger partial charge in [0.15, 0.2) is 11.1 Å². The van der Waals surface area contributed by atoms with E-state index in [9.17, 15) is 9.00 Å². The predicted molar refractivity (Wildman–Crippen MR) is 64.4 cm³/mol. The van der Waals surface area contributed by atoms with Crippen molar-refractivity contribution in [1.29, 1.82) is 0 Å². The highest BCUT2D eigenvalue weighted by atomic mass is 32.2. The Morgan fingerprint density at radius 3 is 2.47 bits per heavy atom. The van der Waals surface area contributed by atoms with Gasteiger partial charge in [-0.1, -0.05) is 6.07 Å². The van der Waals surface area contributed by atoms with Crippen molar-refractivity contribution in [3.8, 4) is 0 Å². The molecule has 0 heterocycles. The van der Waals surface area contributed by atoms with Crippen LogP contribution in [0.4, 0.5) is 5.69 Å². The summed E-state index contributed by atoms with van der Waals surface area (Å²) in [5.41, 5.74) is 5.75. The quantitative estimate of drug-likeness (QED) is 0.557. The minimum atomic E-state index is -2.09. The van der Waals surface area contributed by atoms with Crippen molar-refractivity contribution in [2.24, 2.45) is 0 Å². The lowest BCUT2D eigenvalue weighted by Gasteiger charge is -2.05. The summed E-state index contributed by atoms with van der Waals surface area (Å²) in [4.78, 5) is 11.1. The summed E-state index contributed by atoms with van der Waals surface area (Å²) in [7, 11) is 0. The van der Waals surface area contributed by atoms with Gasteiger partial charge in [0.05, 0.1) is 10.5 Å². The Hall–Kier alpha value is -1.92. The van der Waals surface area contributed by atoms with Gasteiger partial charge in [-0.15, -0.1) is 0 Å². The molecule has 0 spiro atoms. The molecule has 17 heavy (non-hydrogen) atoms. The Morgan fingerprint density at radius 1 is 1.18 bits per heavy atom. The van der Waals surface area contributed by atoms with E-state index in [1.165, 1.54) is 24.3 Å². The van der Waals surface area contributed by atoms with E-state index in [0.717, 1.165) is 5.39 Å². The number of fused-ring (bicyclic) bond motifs is 1. The molecule has 1 atom stereocenters. The van der Waals surface area contributed by atoms with E-state index < -0.39 is 17.0 Å². The summed E-state index contributed by atoms with van der Waals surface area (Å²) in [6, 6.07) is 7.52. The first kappa shape index (κ1) is 11.6. The molecule has 0 aliphatic rings. The first-order valence-corrected chi connectivity index (χ1v) is 5.77. The lowest BCUT2D eigenvalue weighted by Crippen LogP contribution is -2.02. The first-order chi connectivity index (χ1) is 7.99. The summed E-state index contributed by atoms with van der Waals surface area (Å²) in [6.07, 6.45) is 0. The van der Waals surface area contributed by atoms with Gasteiger partial charge in [0.2, 0.25) is 0 Å². The number of carboxylic acids is 1. The van der Waals surface area contributed by atoms with Crippen molar-refractivity contribution in [3.63, 3.8) is 0 Å². The summed E-state index contributed by atoms with van der Waals surface area (Å²) in [5.74, 6) is -1.13. The lowest BCUT2D eigenvalue weighted by molar-refractivity contribution is 0.0698. The van der Waals surface area contributed by atoms with E-state index in [4.69, 9.17) is 15.4 Å². The smallest absolute Gasteiger partial charge is 0.337 e. The number of nitrogens with two attached hydrogens (primary N) is 1. The molecule has 5 nitrogen and oxygen atoms in total. The van der Waals surface area contributed by atoms with E-state index in [0.29, 0.717) is 5.39 Å². The largest absolute Gasteiger partial charge is 0.478 e. The number of anilines is 1. The Bertz CT molecular complexity index is 639. The Kier molecular flexibility index (Phi) is 2.83. The molecule has 2 aromatic rings. The third kappa shape index (κ3) is 2.13. The number of carboxylic acid groups (broad SMARTS) is 1. The van der Waals surface area contributed by atoms with Gasteiger partial charge < -0.3 is 15.4 Å². The van der Waals surface area contributed by atoms with Gasteiger partial charge in [-0.25, -0.2) is 9.00 Å². The van der Waals surface area contributed by atoms with Crippen LogP contribution in [0.3, 0.4) is 0 Å². The molecule has 2 rings (SSSR count). The first-order valence-electron chi connectivity index (χ1n) is 4.66. The van der Waals surface area contributed by atoms with Crippen molar-refractivity contribution in [2.45, 2.75) is 4.90 Å². The van der Waals surface area contributed by atoms with Crippen LogP contribution in [0.2, 0.25) is 0 Å². The number of carbonyl (C=O) groups is 1. The molecule has 0 bridgehead atoms. The van der Waals surface area contributed by atoms with E-state index in [2.05, 4.69) is 0 Å². The fraction of sp³-hybridized carbons (Fsp3) is 0. The maximum absolute atomic E-state index is 10.9. The van der Waals surface area contributed by atoms with Crippen LogP contribution in [0.5, 0.6) is 0 Å². The maximum atomic E-state index is 10.9. The minimum absolute atomic E-state index is 0.0154. The fourth-order valence-electron chi connectivity index (χ4n) is 1.59. The van der Waals surface area contributed by atoms with Crippen LogP contribution in [-0.4, -0.2) is 19.8 Å². The number of hydrogen-bond acceptors (Lipinski definition) is 3. The molecule has 4 N–H and O–H groups in total. The second-order valence-electron chi connectivity index (χ2n) is 3.50. The van der Waals surface area contributed by atoms with Gasteiger partial charge >= 0.3 is 5.97 Å². The Morgan fingerprint density at radius 2 is 1.88 bits per heavy atom. The number of benzene rings is 2. The average Bonchev–Trinajstić information content (AvgIpc) is 2.27. The van der Waals surface area contributed by atoms with Crippen molar-refractivity contribution in [3.05, 3.63) is 35.9 Å². The number of hydrogen-bond donors (Lipinski definition) is 3. The molecule has 2 aromatic carbocycles. The van der Waals surface area contributed by atoms with Crippen molar-refractivity contribution >= 4 is 33.5 Å². The molecule has 0 aromatic heterocycles. The lowest BCUT2D eigenvalue weighted by atomic mass is 10.1. The highest BCUT2D eigenvalue weighted by molar-refractivity contribution is 7.79. The molecule has 88 valence electrons. The predicted octanol–water partition coefficient (Wildman–Crippen LogP) is 1.70. The second kappa shape index (κ2) is 4.15. The average molecular weight is 251 g/mol. The van der Waals surface area contributed by atoms with Gasteiger partial charge in [-0.3, -0.25) is 0 Å². The van der Waals surface area contributed by atoms with Gasteiger partial charge in [-0.05, 0) is 35.0 Å². The van der Waals surface area contributed by atoms with Crippen LogP contribution in [0, 0.1) is 0 Å². The zero-order valence-corrected chi connectivity index (χ0v) is 9.40. The standard InChI is InChI=1S/C11H9NO4S/c12-10-5-6-1-2-8(17(15)16)3-7(6)4-9(10)11(13)14/h1-5H,12H2,(H,13,14)(H,15,16). The Balaban J connectivity index is 2.72. The van der Waals surface area contributed by atoms with E-state index >= 15 is 0 Å². The van der Waals surface area contributed by atoms with Gasteiger partial charge in [-0.2, -0.15) is 0 Å². The molecule has 0 aliphatic heterocycles. The van der Waals surface area contributed by atoms with Gasteiger partial charge in [0.25, 0.3) is 0 Å². The van der Waals surface area contributed by atoms with Crippen LogP contribution in [0.15, 0.2) is 35.2 Å². The molecular formula is C11H9NO4S. The molecule has 0 saturated heterocycles. The minimum Gasteiger partial charge on any atom is -0.478 e. The molecule has 0 fully saturated rings. The summed E-state index contributed by atoms with van der Waals surface area (Å²) >= 11 is -2.09. The third-order valence-corrected chi connectivity index (χ3v) is 3.07. The van der Waals surface area contributed by atoms with E-state index in [1.807, 2.05) is 0 Å². The van der Waals surface area contributed by atoms with Crippen LogP contribution < -0.4 is 5.73 Å². The fourth-order valence-corrected chi connectivity index (χ4v) is 2.00. The van der Waals surface area contributed by atoms with Crippen molar-refractivity contribution in [2.75, 3.05) is 5.73 Å². The molecule has 6 heteroatoms. The van der Waals surface area contributed by atoms with Crippen LogP contribution in [0.1, 0.15) is 10.4 Å². The topological polar surface area (TPSA) is 101 Å². The zero-order chi connectivity index (χ0) is 12.6. The van der Waals surface area contributed by atoms with Crippen LogP contribution in [0.25, 0.3) is 10.8 Å². The van der Waals surface area contributed by atoms with Crippen molar-refractivity contribution < 1.29 is 18.7 Å². The van der Waals surface area contributed by atoms with E-state index in [1.54, 1.807) is 6.07 Å². The number of rotatable bonds is 2. The summed E-state index contributed by atoms with van der Waals surface area (Å²) < 4.78 is 19.8. The number of nitrogen functional groups attached to an aromatic ring is 1. The maximum Gasteiger partial charge on any atom is 0.337 e. The monoisotopic (exact) mass is 251 g/mol. The van der Waals surface area contributed by atoms with Crippen LogP contribution in [-0.2, 0) is 11.1 Å². The molecule has 1 unspecified atom stereocenters. The van der Waals surface area contributed by atoms with Crippen LogP contribution >= 0.6 is 0 Å². The van der Waals surface area contributed by atoms with E-state index in [-0.39, 0.29) is 16.1 Å². The molecule has 0 amide bonds. The summed E-state index contributed by atoms with van der Waals surface area (Å²) in [5, 5.41) is 10.2. The van der Waals surface area contributed by atoms with Gasteiger partial charge in [0, 0.05) is 5.69 Å². The molecule has 0 saturated carbocycles. The normalized spacial score (nSPS) is 12.5.